The molecule has 0 aliphatic carbocycles. The van der Waals surface area contributed by atoms with Gasteiger partial charge in [0.25, 0.3) is 0 Å². The first-order valence-corrected chi connectivity index (χ1v) is 7.78. The molecule has 1 aliphatic rings. The Labute approximate surface area is 127 Å². The number of likely N-dealkylation sites (tertiary alicyclic amines) is 1. The fourth-order valence-corrected chi connectivity index (χ4v) is 3.22. The molecule has 6 nitrogen and oxygen atoms in total. The lowest BCUT2D eigenvalue weighted by atomic mass is 10.2. The number of aliphatic carboxylic acids is 1. The van der Waals surface area contributed by atoms with Crippen LogP contribution in [0.1, 0.15) is 18.2 Å². The number of thiophene rings is 1. The van der Waals surface area contributed by atoms with Crippen LogP contribution in [-0.4, -0.2) is 59.3 Å². The molecule has 0 aromatic carbocycles. The summed E-state index contributed by atoms with van der Waals surface area (Å²) in [5.74, 6) is -0.977. The molecular formula is C14H20N2O4S. The molecule has 2 heterocycles. The van der Waals surface area contributed by atoms with E-state index in [1.807, 2.05) is 24.4 Å². The zero-order valence-corrected chi connectivity index (χ0v) is 13.0. The van der Waals surface area contributed by atoms with E-state index in [2.05, 4.69) is 0 Å². The van der Waals surface area contributed by atoms with E-state index in [4.69, 9.17) is 4.74 Å². The fourth-order valence-electron chi connectivity index (χ4n) is 2.50. The molecule has 0 spiro atoms. The molecule has 7 heteroatoms. The molecule has 1 N–H and O–H groups in total. The van der Waals surface area contributed by atoms with E-state index in [0.717, 1.165) is 4.88 Å². The van der Waals surface area contributed by atoms with Gasteiger partial charge in [0.2, 0.25) is 0 Å². The molecule has 116 valence electrons. The monoisotopic (exact) mass is 312 g/mol. The molecule has 2 amide bonds. The van der Waals surface area contributed by atoms with Gasteiger partial charge in [0.15, 0.2) is 0 Å². The van der Waals surface area contributed by atoms with Crippen LogP contribution in [-0.2, 0) is 16.1 Å². The number of carboxylic acid groups (broad SMARTS) is 1. The average molecular weight is 312 g/mol. The van der Waals surface area contributed by atoms with Crippen LogP contribution >= 0.6 is 11.3 Å². The Balaban J connectivity index is 2.10. The van der Waals surface area contributed by atoms with Crippen LogP contribution in [0.15, 0.2) is 17.5 Å². The second-order valence-corrected chi connectivity index (χ2v) is 6.01. The normalized spacial score (nSPS) is 21.5. The smallest absolute Gasteiger partial charge is 0.326 e. The van der Waals surface area contributed by atoms with Crippen LogP contribution in [0, 0.1) is 0 Å². The lowest BCUT2D eigenvalue weighted by molar-refractivity contribution is -0.141. The predicted molar refractivity (Wildman–Crippen MR) is 79.3 cm³/mol. The number of amides is 2. The Hall–Kier alpha value is -1.60. The fraction of sp³-hybridized carbons (Fsp3) is 0.571. The SMILES string of the molecule is CCN(Cc1cccs1)C(=O)N1CC(OC)CC1C(=O)O. The van der Waals surface area contributed by atoms with Gasteiger partial charge in [-0.3, -0.25) is 0 Å². The van der Waals surface area contributed by atoms with Crippen LogP contribution in [0.25, 0.3) is 0 Å². The molecule has 2 atom stereocenters. The minimum Gasteiger partial charge on any atom is -0.480 e. The van der Waals surface area contributed by atoms with Crippen molar-refractivity contribution in [1.29, 1.82) is 0 Å². The molecule has 1 aromatic rings. The molecule has 21 heavy (non-hydrogen) atoms. The summed E-state index contributed by atoms with van der Waals surface area (Å²) >= 11 is 1.59. The van der Waals surface area contributed by atoms with Gasteiger partial charge in [-0.05, 0) is 18.4 Å². The first kappa shape index (κ1) is 15.8. The van der Waals surface area contributed by atoms with E-state index in [9.17, 15) is 14.7 Å². The summed E-state index contributed by atoms with van der Waals surface area (Å²) in [7, 11) is 1.54. The number of carbonyl (C=O) groups is 2. The van der Waals surface area contributed by atoms with Gasteiger partial charge >= 0.3 is 12.0 Å². The Morgan fingerprint density at radius 1 is 1.57 bits per heavy atom. The molecular weight excluding hydrogens is 292 g/mol. The molecule has 1 fully saturated rings. The zero-order chi connectivity index (χ0) is 15.4. The van der Waals surface area contributed by atoms with Crippen molar-refractivity contribution in [1.82, 2.24) is 9.80 Å². The molecule has 0 saturated carbocycles. The maximum Gasteiger partial charge on any atom is 0.326 e. The number of carboxylic acids is 1. The first-order chi connectivity index (χ1) is 10.1. The highest BCUT2D eigenvalue weighted by Crippen LogP contribution is 2.23. The maximum atomic E-state index is 12.6. The lowest BCUT2D eigenvalue weighted by Crippen LogP contribution is -2.47. The number of methoxy groups -OCH3 is 1. The van der Waals surface area contributed by atoms with Crippen molar-refractivity contribution >= 4 is 23.3 Å². The van der Waals surface area contributed by atoms with E-state index in [1.54, 1.807) is 23.3 Å². The molecule has 2 rings (SSSR count). The van der Waals surface area contributed by atoms with Gasteiger partial charge in [0.1, 0.15) is 6.04 Å². The number of ether oxygens (including phenoxy) is 1. The van der Waals surface area contributed by atoms with Crippen molar-refractivity contribution in [2.24, 2.45) is 0 Å². The van der Waals surface area contributed by atoms with Crippen molar-refractivity contribution in [3.8, 4) is 0 Å². The highest BCUT2D eigenvalue weighted by molar-refractivity contribution is 7.09. The van der Waals surface area contributed by atoms with Gasteiger partial charge in [-0.15, -0.1) is 11.3 Å². The summed E-state index contributed by atoms with van der Waals surface area (Å²) in [5, 5.41) is 11.3. The van der Waals surface area contributed by atoms with Crippen molar-refractivity contribution in [2.45, 2.75) is 32.0 Å². The quantitative estimate of drug-likeness (QED) is 0.901. The van der Waals surface area contributed by atoms with Crippen molar-refractivity contribution in [2.75, 3.05) is 20.2 Å². The Bertz CT molecular complexity index is 491. The van der Waals surface area contributed by atoms with Gasteiger partial charge in [-0.25, -0.2) is 9.59 Å². The van der Waals surface area contributed by atoms with E-state index in [1.165, 1.54) is 4.90 Å². The van der Waals surface area contributed by atoms with Gasteiger partial charge in [0.05, 0.1) is 12.6 Å². The number of rotatable bonds is 5. The summed E-state index contributed by atoms with van der Waals surface area (Å²) in [6.07, 6.45) is 0.129. The molecule has 1 aromatic heterocycles. The Kier molecular flexibility index (Phi) is 5.19. The Morgan fingerprint density at radius 2 is 2.33 bits per heavy atom. The van der Waals surface area contributed by atoms with Gasteiger partial charge < -0.3 is 19.6 Å². The van der Waals surface area contributed by atoms with Crippen LogP contribution in [0.5, 0.6) is 0 Å². The second-order valence-electron chi connectivity index (χ2n) is 4.98. The Morgan fingerprint density at radius 3 is 2.86 bits per heavy atom. The second kappa shape index (κ2) is 6.91. The number of hydrogen-bond donors (Lipinski definition) is 1. The minimum atomic E-state index is -0.977. The van der Waals surface area contributed by atoms with E-state index in [0.29, 0.717) is 26.1 Å². The van der Waals surface area contributed by atoms with Gasteiger partial charge in [0, 0.05) is 31.5 Å². The number of nitrogens with zero attached hydrogens (tertiary/aromatic N) is 2. The topological polar surface area (TPSA) is 70.1 Å². The minimum absolute atomic E-state index is 0.213. The highest BCUT2D eigenvalue weighted by Gasteiger charge is 2.41. The van der Waals surface area contributed by atoms with Gasteiger partial charge in [-0.2, -0.15) is 0 Å². The van der Waals surface area contributed by atoms with Gasteiger partial charge in [-0.1, -0.05) is 6.07 Å². The average Bonchev–Trinajstić information content (AvgIpc) is 3.12. The van der Waals surface area contributed by atoms with Crippen molar-refractivity contribution < 1.29 is 19.4 Å². The van der Waals surface area contributed by atoms with E-state index in [-0.39, 0.29) is 12.1 Å². The molecule has 0 bridgehead atoms. The van der Waals surface area contributed by atoms with Crippen molar-refractivity contribution in [3.05, 3.63) is 22.4 Å². The summed E-state index contributed by atoms with van der Waals surface area (Å²) in [5.41, 5.74) is 0. The summed E-state index contributed by atoms with van der Waals surface area (Å²) in [6, 6.07) is 2.87. The lowest BCUT2D eigenvalue weighted by Gasteiger charge is -2.29. The molecule has 1 saturated heterocycles. The summed E-state index contributed by atoms with van der Waals surface area (Å²) in [6.45, 7) is 3.27. The number of hydrogen-bond acceptors (Lipinski definition) is 4. The van der Waals surface area contributed by atoms with Crippen LogP contribution in [0.2, 0.25) is 0 Å². The molecule has 0 radical (unpaired) electrons. The van der Waals surface area contributed by atoms with Crippen molar-refractivity contribution in [3.63, 3.8) is 0 Å². The molecule has 1 aliphatic heterocycles. The molecule has 2 unspecified atom stereocenters. The summed E-state index contributed by atoms with van der Waals surface area (Å²) in [4.78, 5) is 28.1. The van der Waals surface area contributed by atoms with Crippen LogP contribution in [0.3, 0.4) is 0 Å². The van der Waals surface area contributed by atoms with E-state index < -0.39 is 12.0 Å². The summed E-state index contributed by atoms with van der Waals surface area (Å²) < 4.78 is 5.22. The maximum absolute atomic E-state index is 12.6. The third-order valence-electron chi connectivity index (χ3n) is 3.71. The van der Waals surface area contributed by atoms with Crippen LogP contribution < -0.4 is 0 Å². The zero-order valence-electron chi connectivity index (χ0n) is 12.2. The first-order valence-electron chi connectivity index (χ1n) is 6.90. The van der Waals surface area contributed by atoms with E-state index >= 15 is 0 Å². The number of carbonyl (C=O) groups excluding carboxylic acids is 1. The number of urea groups is 1. The standard InChI is InChI=1S/C14H20N2O4S/c1-3-15(9-11-5-4-6-21-11)14(19)16-8-10(20-2)7-12(16)13(17)18/h4-6,10,12H,3,7-9H2,1-2H3,(H,17,18). The third kappa shape index (κ3) is 3.54. The predicted octanol–water partition coefficient (Wildman–Crippen LogP) is 1.86. The van der Waals surface area contributed by atoms with Crippen LogP contribution in [0.4, 0.5) is 4.79 Å². The highest BCUT2D eigenvalue weighted by atomic mass is 32.1. The third-order valence-corrected chi connectivity index (χ3v) is 4.57. The largest absolute Gasteiger partial charge is 0.480 e.